The molecule has 3 rings (SSSR count). The number of carbonyl (C=O) groups is 4. The summed E-state index contributed by atoms with van der Waals surface area (Å²) in [5, 5.41) is 24.3. The Kier molecular flexibility index (Phi) is 10.2. The van der Waals surface area contributed by atoms with Gasteiger partial charge >= 0.3 is 11.9 Å². The maximum absolute atomic E-state index is 12.8. The number of nitrogens with one attached hydrogen (secondary N) is 2. The van der Waals surface area contributed by atoms with E-state index in [4.69, 9.17) is 9.47 Å². The molecule has 2 amide bonds. The third-order valence-electron chi connectivity index (χ3n) is 6.26. The summed E-state index contributed by atoms with van der Waals surface area (Å²) in [7, 11) is 0. The van der Waals surface area contributed by atoms with Crippen LogP contribution in [0.25, 0.3) is 0 Å². The summed E-state index contributed by atoms with van der Waals surface area (Å²) in [4.78, 5) is 50.4. The fourth-order valence-corrected chi connectivity index (χ4v) is 4.42. The highest BCUT2D eigenvalue weighted by atomic mass is 16.5. The summed E-state index contributed by atoms with van der Waals surface area (Å²) < 4.78 is 10.4. The van der Waals surface area contributed by atoms with Gasteiger partial charge in [-0.05, 0) is 42.5 Å². The second kappa shape index (κ2) is 13.5. The van der Waals surface area contributed by atoms with E-state index in [-0.39, 0.29) is 24.3 Å². The van der Waals surface area contributed by atoms with Crippen molar-refractivity contribution in [3.05, 3.63) is 60.7 Å². The molecule has 198 valence electrons. The lowest BCUT2D eigenvalue weighted by molar-refractivity contribution is -0.141. The lowest BCUT2D eigenvalue weighted by atomic mass is 9.78. The molecule has 2 atom stereocenters. The maximum atomic E-state index is 12.8. The predicted molar refractivity (Wildman–Crippen MR) is 132 cm³/mol. The molecule has 1 aliphatic rings. The molecule has 4 N–H and O–H groups in total. The molecule has 0 heterocycles. The average molecular weight is 513 g/mol. The Morgan fingerprint density at radius 1 is 0.703 bits per heavy atom. The van der Waals surface area contributed by atoms with E-state index in [9.17, 15) is 29.4 Å². The molecular weight excluding hydrogens is 480 g/mol. The van der Waals surface area contributed by atoms with Crippen molar-refractivity contribution in [2.24, 2.45) is 5.41 Å². The summed E-state index contributed by atoms with van der Waals surface area (Å²) in [6, 6.07) is 14.1. The Morgan fingerprint density at radius 2 is 1.08 bits per heavy atom. The molecule has 0 aliphatic heterocycles. The quantitative estimate of drug-likeness (QED) is 0.247. The van der Waals surface area contributed by atoms with E-state index >= 15 is 0 Å². The van der Waals surface area contributed by atoms with E-state index in [1.807, 2.05) is 0 Å². The van der Waals surface area contributed by atoms with Crippen LogP contribution in [-0.4, -0.2) is 59.3 Å². The van der Waals surface area contributed by atoms with Gasteiger partial charge in [0.15, 0.2) is 12.1 Å². The van der Waals surface area contributed by atoms with Crippen LogP contribution in [0.15, 0.2) is 60.7 Å². The fourth-order valence-electron chi connectivity index (χ4n) is 4.42. The first-order chi connectivity index (χ1) is 17.8. The number of hydrogen-bond acceptors (Lipinski definition) is 8. The van der Waals surface area contributed by atoms with Gasteiger partial charge in [-0.3, -0.25) is 9.59 Å². The molecule has 1 saturated carbocycles. The molecule has 2 aromatic carbocycles. The lowest BCUT2D eigenvalue weighted by Crippen LogP contribution is -2.48. The molecular formula is C27H32N2O8. The van der Waals surface area contributed by atoms with Crippen LogP contribution in [-0.2, 0) is 19.2 Å². The van der Waals surface area contributed by atoms with Crippen LogP contribution in [0, 0.1) is 5.41 Å². The summed E-state index contributed by atoms with van der Waals surface area (Å²) in [5.41, 5.74) is -0.680. The number of para-hydroxylation sites is 2. The second-order valence-corrected chi connectivity index (χ2v) is 9.13. The Bertz CT molecular complexity index is 975. The monoisotopic (exact) mass is 512 g/mol. The van der Waals surface area contributed by atoms with Crippen molar-refractivity contribution in [1.29, 1.82) is 0 Å². The third-order valence-corrected chi connectivity index (χ3v) is 6.26. The lowest BCUT2D eigenvalue weighted by Gasteiger charge is -2.29. The zero-order valence-electron chi connectivity index (χ0n) is 20.4. The van der Waals surface area contributed by atoms with Crippen molar-refractivity contribution in [2.45, 2.75) is 50.6 Å². The Labute approximate surface area is 215 Å². The highest BCUT2D eigenvalue weighted by Gasteiger charge is 2.39. The highest BCUT2D eigenvalue weighted by Crippen LogP contribution is 2.44. The topological polar surface area (TPSA) is 151 Å². The van der Waals surface area contributed by atoms with Crippen molar-refractivity contribution in [3.8, 4) is 11.5 Å². The van der Waals surface area contributed by atoms with Gasteiger partial charge in [-0.15, -0.1) is 0 Å². The second-order valence-electron chi connectivity index (χ2n) is 9.13. The van der Waals surface area contributed by atoms with Crippen LogP contribution < -0.4 is 20.1 Å². The number of ether oxygens (including phenoxy) is 2. The maximum Gasteiger partial charge on any atom is 0.336 e. The van der Waals surface area contributed by atoms with Crippen molar-refractivity contribution in [2.75, 3.05) is 13.2 Å². The highest BCUT2D eigenvalue weighted by molar-refractivity contribution is 5.88. The van der Waals surface area contributed by atoms with Crippen LogP contribution >= 0.6 is 0 Å². The first-order valence-corrected chi connectivity index (χ1v) is 12.2. The standard InChI is InChI=1S/C27H32N2O8/c30-17-21(25(34)36-19-9-3-1-4-10-19)28-23(32)15-27(13-7-8-14-27)16-24(33)29-22(18-31)26(35)37-20-11-5-2-6-12-20/h1-6,9-12,21-22,30-31H,7-8,13-18H2,(H,28,32)(H,29,33)/t21-,22-/m1/s1. The van der Waals surface area contributed by atoms with Crippen molar-refractivity contribution in [3.63, 3.8) is 0 Å². The van der Waals surface area contributed by atoms with Crippen molar-refractivity contribution < 1.29 is 38.9 Å². The number of hydrogen-bond donors (Lipinski definition) is 4. The smallest absolute Gasteiger partial charge is 0.336 e. The summed E-state index contributed by atoms with van der Waals surface area (Å²) in [6.45, 7) is -1.29. The zero-order valence-corrected chi connectivity index (χ0v) is 20.4. The number of aliphatic hydroxyl groups is 2. The van der Waals surface area contributed by atoms with Crippen LogP contribution in [0.4, 0.5) is 0 Å². The number of carbonyl (C=O) groups excluding carboxylic acids is 4. The van der Waals surface area contributed by atoms with E-state index < -0.39 is 54.5 Å². The van der Waals surface area contributed by atoms with Gasteiger partial charge in [0.1, 0.15) is 11.5 Å². The molecule has 1 fully saturated rings. The van der Waals surface area contributed by atoms with Gasteiger partial charge in [0.05, 0.1) is 13.2 Å². The van der Waals surface area contributed by atoms with Gasteiger partial charge in [0.25, 0.3) is 0 Å². The minimum atomic E-state index is -1.26. The third kappa shape index (κ3) is 8.40. The summed E-state index contributed by atoms with van der Waals surface area (Å²) in [6.07, 6.45) is 2.75. The molecule has 0 aromatic heterocycles. The Balaban J connectivity index is 1.56. The molecule has 37 heavy (non-hydrogen) atoms. The molecule has 0 spiro atoms. The summed E-state index contributed by atoms with van der Waals surface area (Å²) in [5.74, 6) is -2.03. The van der Waals surface area contributed by atoms with Crippen molar-refractivity contribution >= 4 is 23.8 Å². The van der Waals surface area contributed by atoms with Gasteiger partial charge in [0, 0.05) is 12.8 Å². The number of amides is 2. The van der Waals surface area contributed by atoms with Gasteiger partial charge < -0.3 is 30.3 Å². The minimum Gasteiger partial charge on any atom is -0.425 e. The number of esters is 2. The fraction of sp³-hybridized carbons (Fsp3) is 0.407. The average Bonchev–Trinajstić information content (AvgIpc) is 3.34. The first kappa shape index (κ1) is 27.8. The number of rotatable bonds is 12. The molecule has 10 nitrogen and oxygen atoms in total. The van der Waals surface area contributed by atoms with Crippen molar-refractivity contribution in [1.82, 2.24) is 10.6 Å². The van der Waals surface area contributed by atoms with Crippen LogP contribution in [0.3, 0.4) is 0 Å². The van der Waals surface area contributed by atoms with Crippen LogP contribution in [0.2, 0.25) is 0 Å². The summed E-state index contributed by atoms with van der Waals surface area (Å²) >= 11 is 0. The van der Waals surface area contributed by atoms with E-state index in [0.29, 0.717) is 12.8 Å². The first-order valence-electron chi connectivity index (χ1n) is 12.2. The zero-order chi connectivity index (χ0) is 26.7. The normalized spacial score (nSPS) is 15.7. The van der Waals surface area contributed by atoms with Gasteiger partial charge in [-0.25, -0.2) is 9.59 Å². The van der Waals surface area contributed by atoms with E-state index in [1.165, 1.54) is 0 Å². The van der Waals surface area contributed by atoms with Crippen LogP contribution in [0.1, 0.15) is 38.5 Å². The molecule has 2 aromatic rings. The van der Waals surface area contributed by atoms with Crippen LogP contribution in [0.5, 0.6) is 11.5 Å². The van der Waals surface area contributed by atoms with Gasteiger partial charge in [0.2, 0.25) is 11.8 Å². The van der Waals surface area contributed by atoms with Gasteiger partial charge in [-0.1, -0.05) is 49.2 Å². The number of benzene rings is 2. The Hall–Kier alpha value is -3.76. The number of aliphatic hydroxyl groups excluding tert-OH is 2. The Morgan fingerprint density at radius 3 is 1.43 bits per heavy atom. The molecule has 0 saturated heterocycles. The molecule has 0 radical (unpaired) electrons. The molecule has 10 heteroatoms. The van der Waals surface area contributed by atoms with E-state index in [0.717, 1.165) is 12.8 Å². The van der Waals surface area contributed by atoms with E-state index in [1.54, 1.807) is 60.7 Å². The minimum absolute atomic E-state index is 0.0478. The van der Waals surface area contributed by atoms with E-state index in [2.05, 4.69) is 10.6 Å². The SMILES string of the molecule is O=C(CC1(CC(=O)N[C@H](CO)C(=O)Oc2ccccc2)CCCC1)N[C@H](CO)C(=O)Oc1ccccc1. The molecule has 0 unspecified atom stereocenters. The molecule has 1 aliphatic carbocycles. The van der Waals surface area contributed by atoms with Gasteiger partial charge in [-0.2, -0.15) is 0 Å². The predicted octanol–water partition coefficient (Wildman–Crippen LogP) is 1.49. The molecule has 0 bridgehead atoms. The largest absolute Gasteiger partial charge is 0.425 e.